The van der Waals surface area contributed by atoms with Crippen LogP contribution in [-0.2, 0) is 4.79 Å². The van der Waals surface area contributed by atoms with E-state index in [-0.39, 0.29) is 5.78 Å². The largest absolute Gasteiger partial charge is 0.493 e. The van der Waals surface area contributed by atoms with Gasteiger partial charge in [0, 0.05) is 18.1 Å². The topological polar surface area (TPSA) is 49.8 Å². The zero-order valence-electron chi connectivity index (χ0n) is 12.2. The molecule has 0 aliphatic carbocycles. The van der Waals surface area contributed by atoms with E-state index in [1.54, 1.807) is 12.1 Å². The number of nitrogens with zero attached hydrogens (tertiary/aromatic N) is 1. The smallest absolute Gasteiger partial charge is 0.162 e. The summed E-state index contributed by atoms with van der Waals surface area (Å²) in [4.78, 5) is 13.2. The van der Waals surface area contributed by atoms with Gasteiger partial charge in [-0.3, -0.25) is 4.79 Å². The number of carbonyl (C=O) groups is 1. The van der Waals surface area contributed by atoms with Crippen molar-refractivity contribution in [1.82, 2.24) is 4.90 Å². The standard InChI is InChI=1S/C15H22ClNO3/c1-12(18)15(2,19)11-17(3)8-5-9-20-14-7-4-6-13(16)10-14/h4,6-7,10,19H,5,8-9,11H2,1-3H3/t15-/m1/s1. The van der Waals surface area contributed by atoms with Gasteiger partial charge in [-0.25, -0.2) is 0 Å². The Morgan fingerprint density at radius 1 is 1.50 bits per heavy atom. The summed E-state index contributed by atoms with van der Waals surface area (Å²) in [6.45, 7) is 4.56. The Bertz CT molecular complexity index is 448. The number of hydrogen-bond donors (Lipinski definition) is 1. The number of carbonyl (C=O) groups excluding carboxylic acids is 1. The van der Waals surface area contributed by atoms with Gasteiger partial charge in [-0.05, 0) is 45.5 Å². The van der Waals surface area contributed by atoms with Crippen molar-refractivity contribution in [2.75, 3.05) is 26.7 Å². The molecule has 1 N–H and O–H groups in total. The highest BCUT2D eigenvalue weighted by molar-refractivity contribution is 6.30. The average molecular weight is 300 g/mol. The molecule has 0 saturated heterocycles. The Morgan fingerprint density at radius 3 is 2.80 bits per heavy atom. The summed E-state index contributed by atoms with van der Waals surface area (Å²) in [5, 5.41) is 10.5. The van der Waals surface area contributed by atoms with Gasteiger partial charge in [0.15, 0.2) is 5.78 Å². The second-order valence-electron chi connectivity index (χ2n) is 5.23. The van der Waals surface area contributed by atoms with Crippen molar-refractivity contribution < 1.29 is 14.6 Å². The second-order valence-corrected chi connectivity index (χ2v) is 5.66. The van der Waals surface area contributed by atoms with E-state index in [9.17, 15) is 9.90 Å². The summed E-state index contributed by atoms with van der Waals surface area (Å²) >= 11 is 5.86. The molecule has 20 heavy (non-hydrogen) atoms. The number of rotatable bonds is 8. The van der Waals surface area contributed by atoms with Crippen molar-refractivity contribution in [3.05, 3.63) is 29.3 Å². The Labute approximate surface area is 125 Å². The first-order valence-electron chi connectivity index (χ1n) is 6.61. The molecule has 0 saturated carbocycles. The molecule has 1 atom stereocenters. The molecule has 0 fully saturated rings. The first-order chi connectivity index (χ1) is 9.31. The molecule has 0 radical (unpaired) electrons. The maximum absolute atomic E-state index is 11.2. The summed E-state index contributed by atoms with van der Waals surface area (Å²) in [5.41, 5.74) is -1.29. The molecule has 0 aliphatic rings. The van der Waals surface area contributed by atoms with Gasteiger partial charge in [0.2, 0.25) is 0 Å². The maximum Gasteiger partial charge on any atom is 0.162 e. The van der Waals surface area contributed by atoms with Gasteiger partial charge in [-0.1, -0.05) is 17.7 Å². The molecule has 1 aromatic carbocycles. The van der Waals surface area contributed by atoms with Crippen molar-refractivity contribution in [3.8, 4) is 5.75 Å². The van der Waals surface area contributed by atoms with Crippen LogP contribution in [0.15, 0.2) is 24.3 Å². The van der Waals surface area contributed by atoms with E-state index < -0.39 is 5.60 Å². The van der Waals surface area contributed by atoms with Crippen LogP contribution in [0.2, 0.25) is 5.02 Å². The molecular weight excluding hydrogens is 278 g/mol. The highest BCUT2D eigenvalue weighted by atomic mass is 35.5. The quantitative estimate of drug-likeness (QED) is 0.749. The summed E-state index contributed by atoms with van der Waals surface area (Å²) in [7, 11) is 1.87. The third-order valence-electron chi connectivity index (χ3n) is 3.09. The third kappa shape index (κ3) is 5.90. The maximum atomic E-state index is 11.2. The van der Waals surface area contributed by atoms with Crippen LogP contribution in [0, 0.1) is 0 Å². The minimum atomic E-state index is -1.29. The SMILES string of the molecule is CC(=O)[C@](C)(O)CN(C)CCCOc1cccc(Cl)c1. The van der Waals surface area contributed by atoms with Gasteiger partial charge < -0.3 is 14.7 Å². The lowest BCUT2D eigenvalue weighted by Crippen LogP contribution is -2.44. The fourth-order valence-corrected chi connectivity index (χ4v) is 1.98. The molecule has 0 aromatic heterocycles. The van der Waals surface area contributed by atoms with Gasteiger partial charge in [-0.15, -0.1) is 0 Å². The van der Waals surface area contributed by atoms with Gasteiger partial charge in [0.25, 0.3) is 0 Å². The lowest BCUT2D eigenvalue weighted by atomic mass is 10.0. The molecule has 0 heterocycles. The summed E-state index contributed by atoms with van der Waals surface area (Å²) < 4.78 is 5.57. The molecule has 1 rings (SSSR count). The fraction of sp³-hybridized carbons (Fsp3) is 0.533. The summed E-state index contributed by atoms with van der Waals surface area (Å²) in [6.07, 6.45) is 0.803. The van der Waals surface area contributed by atoms with Crippen molar-refractivity contribution in [2.24, 2.45) is 0 Å². The molecule has 1 aromatic rings. The number of Topliss-reactive ketones (excluding diaryl/α,β-unsaturated/α-hetero) is 1. The van der Waals surface area contributed by atoms with Gasteiger partial charge in [0.1, 0.15) is 11.4 Å². The zero-order chi connectivity index (χ0) is 15.2. The highest BCUT2D eigenvalue weighted by Crippen LogP contribution is 2.17. The second kappa shape index (κ2) is 7.62. The normalized spacial score (nSPS) is 14.1. The van der Waals surface area contributed by atoms with E-state index in [2.05, 4.69) is 0 Å². The van der Waals surface area contributed by atoms with Crippen LogP contribution < -0.4 is 4.74 Å². The number of hydrogen-bond acceptors (Lipinski definition) is 4. The van der Waals surface area contributed by atoms with E-state index in [0.717, 1.165) is 18.7 Å². The van der Waals surface area contributed by atoms with Crippen LogP contribution in [0.1, 0.15) is 20.3 Å². The number of ketones is 1. The minimum absolute atomic E-state index is 0.223. The van der Waals surface area contributed by atoms with Gasteiger partial charge in [-0.2, -0.15) is 0 Å². The Kier molecular flexibility index (Phi) is 6.46. The Balaban J connectivity index is 2.26. The fourth-order valence-electron chi connectivity index (χ4n) is 1.80. The molecule has 0 bridgehead atoms. The predicted molar refractivity (Wildman–Crippen MR) is 80.4 cm³/mol. The third-order valence-corrected chi connectivity index (χ3v) is 3.32. The van der Waals surface area contributed by atoms with Crippen molar-refractivity contribution in [2.45, 2.75) is 25.9 Å². The molecule has 4 nitrogen and oxygen atoms in total. The monoisotopic (exact) mass is 299 g/mol. The first-order valence-corrected chi connectivity index (χ1v) is 6.99. The number of halogens is 1. The van der Waals surface area contributed by atoms with Gasteiger partial charge >= 0.3 is 0 Å². The van der Waals surface area contributed by atoms with Crippen LogP contribution >= 0.6 is 11.6 Å². The van der Waals surface area contributed by atoms with E-state index in [1.807, 2.05) is 24.1 Å². The van der Waals surface area contributed by atoms with E-state index in [4.69, 9.17) is 16.3 Å². The minimum Gasteiger partial charge on any atom is -0.493 e. The Hall–Kier alpha value is -1.10. The van der Waals surface area contributed by atoms with Gasteiger partial charge in [0.05, 0.1) is 6.61 Å². The summed E-state index contributed by atoms with van der Waals surface area (Å²) in [5.74, 6) is 0.524. The van der Waals surface area contributed by atoms with E-state index in [0.29, 0.717) is 18.2 Å². The van der Waals surface area contributed by atoms with Crippen molar-refractivity contribution in [3.63, 3.8) is 0 Å². The first kappa shape index (κ1) is 17.0. The van der Waals surface area contributed by atoms with Crippen LogP contribution in [0.5, 0.6) is 5.75 Å². The zero-order valence-corrected chi connectivity index (χ0v) is 13.0. The average Bonchev–Trinajstić information content (AvgIpc) is 2.34. The number of likely N-dealkylation sites (N-methyl/N-ethyl adjacent to an activating group) is 1. The number of ether oxygens (including phenoxy) is 1. The predicted octanol–water partition coefficient (Wildman–Crippen LogP) is 2.38. The van der Waals surface area contributed by atoms with E-state index >= 15 is 0 Å². The van der Waals surface area contributed by atoms with Crippen LogP contribution in [0.3, 0.4) is 0 Å². The van der Waals surface area contributed by atoms with Crippen LogP contribution in [0.4, 0.5) is 0 Å². The molecule has 0 amide bonds. The molecule has 0 spiro atoms. The summed E-state index contributed by atoms with van der Waals surface area (Å²) in [6, 6.07) is 7.27. The van der Waals surface area contributed by atoms with Crippen LogP contribution in [-0.4, -0.2) is 48.1 Å². The van der Waals surface area contributed by atoms with Crippen molar-refractivity contribution in [1.29, 1.82) is 0 Å². The highest BCUT2D eigenvalue weighted by Gasteiger charge is 2.27. The number of aliphatic hydroxyl groups is 1. The lowest BCUT2D eigenvalue weighted by Gasteiger charge is -2.26. The molecule has 0 unspecified atom stereocenters. The molecule has 5 heteroatoms. The molecule has 0 aliphatic heterocycles. The number of benzene rings is 1. The van der Waals surface area contributed by atoms with Crippen LogP contribution in [0.25, 0.3) is 0 Å². The van der Waals surface area contributed by atoms with E-state index in [1.165, 1.54) is 13.8 Å². The van der Waals surface area contributed by atoms with Crippen molar-refractivity contribution >= 4 is 17.4 Å². The molecular formula is C15H22ClNO3. The lowest BCUT2D eigenvalue weighted by molar-refractivity contribution is -0.134. The Morgan fingerprint density at radius 2 is 2.20 bits per heavy atom. The molecule has 112 valence electrons.